The molecule has 0 aliphatic carbocycles. The minimum Gasteiger partial charge on any atom is -0.309 e. The first-order chi connectivity index (χ1) is 40.7. The highest BCUT2D eigenvalue weighted by molar-refractivity contribution is 7.19. The molecule has 0 radical (unpaired) electrons. The van der Waals surface area contributed by atoms with E-state index in [1.54, 1.807) is 0 Å². The molecule has 3 nitrogen and oxygen atoms in total. The summed E-state index contributed by atoms with van der Waals surface area (Å²) >= 11 is 0. The fraction of sp³-hybridized carbons (Fsp3) is 0. The van der Waals surface area contributed by atoms with Crippen molar-refractivity contribution in [3.63, 3.8) is 0 Å². The zero-order valence-electron chi connectivity index (χ0n) is 44.9. The van der Waals surface area contributed by atoms with Gasteiger partial charge in [-0.3, -0.25) is 0 Å². The highest BCUT2D eigenvalue weighted by Gasteiger charge is 2.41. The van der Waals surface area contributed by atoms with Crippen LogP contribution in [0.25, 0.3) is 116 Å². The average molecular weight is 1060 g/mol. The predicted octanol–water partition coefficient (Wildman–Crippen LogP) is 17.4. The van der Waals surface area contributed by atoms with E-state index in [0.717, 1.165) is 39.2 Å². The molecule has 82 heavy (non-hydrogen) atoms. The van der Waals surface area contributed by atoms with Crippen LogP contribution in [0.5, 0.6) is 0 Å². The summed E-state index contributed by atoms with van der Waals surface area (Å²) in [6.45, 7) is 0. The summed E-state index contributed by atoms with van der Waals surface area (Å²) in [5.74, 6) is 0. The molecule has 13 aromatic carbocycles. The fourth-order valence-electron chi connectivity index (χ4n) is 13.7. The second-order valence-electron chi connectivity index (χ2n) is 21.6. The van der Waals surface area contributed by atoms with Crippen molar-refractivity contribution in [3.05, 3.63) is 322 Å². The van der Waals surface area contributed by atoms with Crippen LogP contribution in [0.1, 0.15) is 0 Å². The third-order valence-corrected chi connectivity index (χ3v) is 21.9. The molecule has 3 aromatic heterocycles. The van der Waals surface area contributed by atoms with Crippen LogP contribution in [0.2, 0.25) is 0 Å². The molecule has 0 amide bonds. The molecule has 0 saturated heterocycles. The van der Waals surface area contributed by atoms with Crippen LogP contribution in [-0.2, 0) is 0 Å². The Morgan fingerprint density at radius 2 is 0.610 bits per heavy atom. The summed E-state index contributed by atoms with van der Waals surface area (Å²) in [4.78, 5) is 0. The second kappa shape index (κ2) is 19.4. The van der Waals surface area contributed by atoms with E-state index in [9.17, 15) is 0 Å². The lowest BCUT2D eigenvalue weighted by Gasteiger charge is -2.34. The van der Waals surface area contributed by atoms with Crippen molar-refractivity contribution in [2.75, 3.05) is 0 Å². The van der Waals surface area contributed by atoms with Crippen LogP contribution in [0.4, 0.5) is 0 Å². The van der Waals surface area contributed by atoms with Crippen LogP contribution in [0.15, 0.2) is 322 Å². The van der Waals surface area contributed by atoms with E-state index in [4.69, 9.17) is 0 Å². The fourth-order valence-corrected chi connectivity index (χ4v) is 18.5. The molecular formula is C78H53N3Si. The lowest BCUT2D eigenvalue weighted by Crippen LogP contribution is -2.74. The molecule has 0 bridgehead atoms. The maximum absolute atomic E-state index is 2.84. The molecule has 0 aliphatic rings. The van der Waals surface area contributed by atoms with Crippen molar-refractivity contribution in [2.45, 2.75) is 0 Å². The highest BCUT2D eigenvalue weighted by Crippen LogP contribution is 2.43. The van der Waals surface area contributed by atoms with Crippen molar-refractivity contribution in [3.8, 4) is 50.4 Å². The Balaban J connectivity index is 0.947. The largest absolute Gasteiger partial charge is 0.309 e. The molecule has 0 atom stereocenters. The standard InChI is InChI=1S/C78H53N3Si/c1-5-25-54(26-6-1)55-47-48-75-70(52-55)68-39-17-21-43-73(68)81(75)77-46-24-45-76-78(77)69-40-18-22-44-74(69)80(76)59-50-57(49-58(53-59)79-71-41-19-15-37-66(71)67-38-16-20-42-72(67)79)65-36-14-13-35-64(65)56-27-23-34-63(51-56)82(60-28-7-2-8-29-60,61-30-9-3-10-31-61)62-32-11-4-12-33-62/h1-53H. The van der Waals surface area contributed by atoms with Gasteiger partial charge in [0.25, 0.3) is 0 Å². The first-order valence-corrected chi connectivity index (χ1v) is 30.3. The summed E-state index contributed by atoms with van der Waals surface area (Å²) < 4.78 is 7.48. The second-order valence-corrected chi connectivity index (χ2v) is 25.4. The van der Waals surface area contributed by atoms with Crippen molar-refractivity contribution in [1.82, 2.24) is 13.7 Å². The van der Waals surface area contributed by atoms with Gasteiger partial charge in [-0.1, -0.05) is 255 Å². The van der Waals surface area contributed by atoms with Gasteiger partial charge in [-0.25, -0.2) is 0 Å². The highest BCUT2D eigenvalue weighted by atomic mass is 28.3. The molecule has 16 rings (SSSR count). The summed E-state index contributed by atoms with van der Waals surface area (Å²) in [6.07, 6.45) is 0. The van der Waals surface area contributed by atoms with Crippen LogP contribution in [0, 0.1) is 0 Å². The van der Waals surface area contributed by atoms with Crippen LogP contribution < -0.4 is 20.7 Å². The van der Waals surface area contributed by atoms with E-state index in [1.165, 1.54) is 97.4 Å². The molecule has 0 unspecified atom stereocenters. The van der Waals surface area contributed by atoms with Gasteiger partial charge in [-0.15, -0.1) is 0 Å². The Labute approximate surface area is 477 Å². The van der Waals surface area contributed by atoms with Gasteiger partial charge in [0.1, 0.15) is 0 Å². The number of benzene rings is 13. The smallest absolute Gasteiger partial charge is 0.179 e. The number of nitrogens with zero attached hydrogens (tertiary/aromatic N) is 3. The minimum atomic E-state index is -2.84. The van der Waals surface area contributed by atoms with Gasteiger partial charge in [0.05, 0.1) is 38.8 Å². The first-order valence-electron chi connectivity index (χ1n) is 28.3. The number of hydrogen-bond acceptors (Lipinski definition) is 0. The van der Waals surface area contributed by atoms with Gasteiger partial charge >= 0.3 is 0 Å². The molecular weight excluding hydrogens is 1010 g/mol. The molecule has 0 spiro atoms. The molecule has 16 aromatic rings. The molecule has 0 fully saturated rings. The summed E-state index contributed by atoms with van der Waals surface area (Å²) in [6, 6.07) is 120. The van der Waals surface area contributed by atoms with E-state index in [1.807, 2.05) is 0 Å². The quantitative estimate of drug-likeness (QED) is 0.0958. The van der Waals surface area contributed by atoms with Crippen LogP contribution >= 0.6 is 0 Å². The van der Waals surface area contributed by atoms with E-state index >= 15 is 0 Å². The van der Waals surface area contributed by atoms with E-state index in [0.29, 0.717) is 0 Å². The predicted molar refractivity (Wildman–Crippen MR) is 349 cm³/mol. The van der Waals surface area contributed by atoms with Crippen molar-refractivity contribution in [2.24, 2.45) is 0 Å². The van der Waals surface area contributed by atoms with Crippen molar-refractivity contribution < 1.29 is 0 Å². The van der Waals surface area contributed by atoms with E-state index < -0.39 is 8.07 Å². The summed E-state index contributed by atoms with van der Waals surface area (Å²) in [5.41, 5.74) is 17.4. The Bertz CT molecular complexity index is 4940. The Hall–Kier alpha value is -10.5. The third-order valence-electron chi connectivity index (χ3n) is 17.2. The SMILES string of the molecule is c1ccc(-c2ccc3c(c2)c2ccccc2n3-c2cccc3c2c2ccccc2n3-c2cc(-c3ccccc3-c3cccc([Si](c4ccccc4)(c4ccccc4)c4ccccc4)c3)cc(-n3c4ccccc4c4ccccc43)c2)cc1. The lowest BCUT2D eigenvalue weighted by molar-refractivity contribution is 1.13. The Kier molecular flexibility index (Phi) is 11.2. The summed E-state index contributed by atoms with van der Waals surface area (Å²) in [7, 11) is -2.84. The van der Waals surface area contributed by atoms with Gasteiger partial charge in [-0.2, -0.15) is 0 Å². The van der Waals surface area contributed by atoms with E-state index in [-0.39, 0.29) is 0 Å². The molecule has 0 N–H and O–H groups in total. The van der Waals surface area contributed by atoms with Gasteiger partial charge < -0.3 is 13.7 Å². The van der Waals surface area contributed by atoms with Crippen LogP contribution in [0.3, 0.4) is 0 Å². The summed E-state index contributed by atoms with van der Waals surface area (Å²) in [5, 5.41) is 12.7. The molecule has 0 saturated carbocycles. The normalized spacial score (nSPS) is 11.9. The average Bonchev–Trinajstić information content (AvgIpc) is 3.69. The number of fused-ring (bicyclic) bond motifs is 9. The monoisotopic (exact) mass is 1060 g/mol. The minimum absolute atomic E-state index is 1.08. The van der Waals surface area contributed by atoms with Crippen molar-refractivity contribution in [1.29, 1.82) is 0 Å². The maximum atomic E-state index is 2.51. The van der Waals surface area contributed by atoms with Crippen LogP contribution in [-0.4, -0.2) is 21.8 Å². The molecule has 0 aliphatic heterocycles. The third kappa shape index (κ3) is 7.42. The Morgan fingerprint density at radius 3 is 1.20 bits per heavy atom. The molecule has 3 heterocycles. The Morgan fingerprint density at radius 1 is 0.207 bits per heavy atom. The van der Waals surface area contributed by atoms with Gasteiger partial charge in [0.15, 0.2) is 8.07 Å². The van der Waals surface area contributed by atoms with E-state index in [2.05, 4.69) is 335 Å². The zero-order chi connectivity index (χ0) is 54.1. The topological polar surface area (TPSA) is 14.8 Å². The number of hydrogen-bond donors (Lipinski definition) is 0. The van der Waals surface area contributed by atoms with Crippen molar-refractivity contribution >= 4 is 94.2 Å². The molecule has 4 heteroatoms. The van der Waals surface area contributed by atoms with Gasteiger partial charge in [0, 0.05) is 43.7 Å². The number of para-hydroxylation sites is 4. The number of aromatic nitrogens is 3. The maximum Gasteiger partial charge on any atom is 0.179 e. The van der Waals surface area contributed by atoms with Gasteiger partial charge in [-0.05, 0) is 121 Å². The lowest BCUT2D eigenvalue weighted by atomic mass is 9.94. The molecule has 384 valence electrons. The zero-order valence-corrected chi connectivity index (χ0v) is 45.9. The van der Waals surface area contributed by atoms with Gasteiger partial charge in [0.2, 0.25) is 0 Å². The number of rotatable bonds is 10. The first kappa shape index (κ1) is 47.5.